The van der Waals surface area contributed by atoms with Crippen molar-refractivity contribution in [3.8, 4) is 0 Å². The molecule has 0 unspecified atom stereocenters. The highest BCUT2D eigenvalue weighted by Crippen LogP contribution is 2.43. The molecule has 0 bridgehead atoms. The summed E-state index contributed by atoms with van der Waals surface area (Å²) in [5, 5.41) is 9.17. The van der Waals surface area contributed by atoms with Crippen LogP contribution in [0.3, 0.4) is 0 Å². The van der Waals surface area contributed by atoms with Gasteiger partial charge in [0.25, 0.3) is 0 Å². The van der Waals surface area contributed by atoms with Gasteiger partial charge in [0.15, 0.2) is 9.84 Å². The topological polar surface area (TPSA) is 71.4 Å². The van der Waals surface area contributed by atoms with E-state index in [2.05, 4.69) is 0 Å². The van der Waals surface area contributed by atoms with E-state index < -0.39 is 21.6 Å². The van der Waals surface area contributed by atoms with Crippen LogP contribution in [0.5, 0.6) is 0 Å². The molecule has 0 aliphatic heterocycles. The number of allylic oxidation sites excluding steroid dienone is 2. The van der Waals surface area contributed by atoms with E-state index in [0.29, 0.717) is 11.1 Å². The summed E-state index contributed by atoms with van der Waals surface area (Å²) in [4.78, 5) is 11.4. The Morgan fingerprint density at radius 3 is 2.30 bits per heavy atom. The molecular formula is C20H18ClFO4S. The molecule has 142 valence electrons. The Morgan fingerprint density at radius 2 is 1.74 bits per heavy atom. The number of fused-ring (bicyclic) bond motifs is 1. The predicted molar refractivity (Wildman–Crippen MR) is 106 cm³/mol. The number of carboxylic acids is 1. The summed E-state index contributed by atoms with van der Waals surface area (Å²) in [6.45, 7) is 1.81. The third kappa shape index (κ3) is 4.28. The van der Waals surface area contributed by atoms with E-state index in [1.165, 1.54) is 24.3 Å². The average Bonchev–Trinajstić information content (AvgIpc) is 2.79. The summed E-state index contributed by atoms with van der Waals surface area (Å²) < 4.78 is 36.8. The van der Waals surface area contributed by atoms with Crippen LogP contribution in [-0.4, -0.2) is 25.7 Å². The molecule has 0 spiro atoms. The smallest absolute Gasteiger partial charge is 0.307 e. The Bertz CT molecular complexity index is 1070. The van der Waals surface area contributed by atoms with Crippen molar-refractivity contribution < 1.29 is 22.7 Å². The molecule has 0 fully saturated rings. The maximum Gasteiger partial charge on any atom is 0.307 e. The molecule has 27 heavy (non-hydrogen) atoms. The van der Waals surface area contributed by atoms with Crippen molar-refractivity contribution in [3.63, 3.8) is 0 Å². The number of aliphatic carboxylic acids is 1. The fraction of sp³-hybridized carbons (Fsp3) is 0.150. The molecule has 0 heterocycles. The van der Waals surface area contributed by atoms with E-state index in [1.54, 1.807) is 18.2 Å². The van der Waals surface area contributed by atoms with E-state index in [1.807, 2.05) is 13.0 Å². The van der Waals surface area contributed by atoms with E-state index in [0.717, 1.165) is 28.5 Å². The second-order valence-corrected chi connectivity index (χ2v) is 8.28. The number of hydrogen-bond donors (Lipinski definition) is 1. The lowest BCUT2D eigenvalue weighted by Gasteiger charge is -2.05. The van der Waals surface area contributed by atoms with Crippen molar-refractivity contribution in [2.75, 3.05) is 6.26 Å². The van der Waals surface area contributed by atoms with Crippen molar-refractivity contribution in [2.24, 2.45) is 0 Å². The molecule has 0 atom stereocenters. The van der Waals surface area contributed by atoms with Crippen molar-refractivity contribution in [3.05, 3.63) is 70.5 Å². The number of carbonyl (C=O) groups is 1. The Kier molecular flexibility index (Phi) is 5.92. The number of carboxylic acid groups (broad SMARTS) is 1. The van der Waals surface area contributed by atoms with Crippen LogP contribution >= 0.6 is 12.4 Å². The summed E-state index contributed by atoms with van der Waals surface area (Å²) in [5.74, 6) is -1.40. The maximum absolute atomic E-state index is 13.7. The predicted octanol–water partition coefficient (Wildman–Crippen LogP) is 4.45. The lowest BCUT2D eigenvalue weighted by atomic mass is 10.0. The largest absolute Gasteiger partial charge is 0.481 e. The number of rotatable bonds is 4. The highest BCUT2D eigenvalue weighted by atomic mass is 35.5. The summed E-state index contributed by atoms with van der Waals surface area (Å²) in [6.07, 6.45) is 2.81. The van der Waals surface area contributed by atoms with E-state index >= 15 is 0 Å². The van der Waals surface area contributed by atoms with Crippen molar-refractivity contribution in [1.82, 2.24) is 0 Å². The van der Waals surface area contributed by atoms with Crippen LogP contribution in [0.4, 0.5) is 4.39 Å². The van der Waals surface area contributed by atoms with E-state index in [9.17, 15) is 17.6 Å². The highest BCUT2D eigenvalue weighted by Gasteiger charge is 2.25. The van der Waals surface area contributed by atoms with Gasteiger partial charge in [0.2, 0.25) is 0 Å². The Morgan fingerprint density at radius 1 is 1.11 bits per heavy atom. The molecule has 0 radical (unpaired) electrons. The lowest BCUT2D eigenvalue weighted by molar-refractivity contribution is -0.135. The van der Waals surface area contributed by atoms with E-state index in [4.69, 9.17) is 5.11 Å². The van der Waals surface area contributed by atoms with Gasteiger partial charge in [-0.1, -0.05) is 18.2 Å². The minimum absolute atomic E-state index is 0. The minimum Gasteiger partial charge on any atom is -0.481 e. The molecule has 0 saturated heterocycles. The normalized spacial score (nSPS) is 14.9. The molecule has 0 aromatic heterocycles. The van der Waals surface area contributed by atoms with Crippen LogP contribution in [0.15, 0.2) is 52.9 Å². The zero-order valence-electron chi connectivity index (χ0n) is 14.7. The van der Waals surface area contributed by atoms with Gasteiger partial charge in [-0.2, -0.15) is 0 Å². The van der Waals surface area contributed by atoms with Gasteiger partial charge in [-0.05, 0) is 70.7 Å². The third-order valence-corrected chi connectivity index (χ3v) is 5.53. The van der Waals surface area contributed by atoms with Crippen LogP contribution < -0.4 is 0 Å². The number of hydrogen-bond acceptors (Lipinski definition) is 3. The second kappa shape index (κ2) is 7.66. The first-order valence-corrected chi connectivity index (χ1v) is 9.80. The fourth-order valence-electron chi connectivity index (χ4n) is 3.11. The SMILES string of the molecule is CC1=C(CC(=O)O)c2cc(F)ccc2C1=Cc1ccc(S(C)(=O)=O)cc1.Cl. The third-order valence-electron chi connectivity index (χ3n) is 4.40. The molecule has 7 heteroatoms. The van der Waals surface area contributed by atoms with Gasteiger partial charge in [-0.3, -0.25) is 4.79 Å². The molecule has 0 saturated carbocycles. The first kappa shape index (κ1) is 20.9. The van der Waals surface area contributed by atoms with E-state index in [-0.39, 0.29) is 23.7 Å². The zero-order valence-corrected chi connectivity index (χ0v) is 16.3. The Balaban J connectivity index is 0.00000261. The molecule has 3 rings (SSSR count). The molecule has 2 aromatic rings. The van der Waals surface area contributed by atoms with Gasteiger partial charge in [0.05, 0.1) is 11.3 Å². The lowest BCUT2D eigenvalue weighted by Crippen LogP contribution is -1.97. The molecule has 1 N–H and O–H groups in total. The van der Waals surface area contributed by atoms with Crippen molar-refractivity contribution in [2.45, 2.75) is 18.2 Å². The van der Waals surface area contributed by atoms with Crippen LogP contribution in [0.1, 0.15) is 30.0 Å². The maximum atomic E-state index is 13.7. The van der Waals surface area contributed by atoms with Crippen LogP contribution in [0.2, 0.25) is 0 Å². The van der Waals surface area contributed by atoms with Gasteiger partial charge >= 0.3 is 5.97 Å². The second-order valence-electron chi connectivity index (χ2n) is 6.26. The number of benzene rings is 2. The number of sulfone groups is 1. The summed E-state index contributed by atoms with van der Waals surface area (Å²) in [5.41, 5.74) is 4.31. The van der Waals surface area contributed by atoms with Gasteiger partial charge < -0.3 is 5.11 Å². The van der Waals surface area contributed by atoms with Crippen LogP contribution in [-0.2, 0) is 14.6 Å². The molecule has 1 aliphatic carbocycles. The molecule has 2 aromatic carbocycles. The Labute approximate surface area is 163 Å². The zero-order chi connectivity index (χ0) is 19.1. The quantitative estimate of drug-likeness (QED) is 0.811. The van der Waals surface area contributed by atoms with Crippen molar-refractivity contribution in [1.29, 1.82) is 0 Å². The standard InChI is InChI=1S/C20H17FO4S.ClH/c1-12-17(9-13-3-6-15(7-4-13)26(2,24)25)16-8-5-14(21)10-19(16)18(12)11-20(22)23;/h3-10H,11H2,1-2H3,(H,22,23);1H. The average molecular weight is 409 g/mol. The van der Waals surface area contributed by atoms with Gasteiger partial charge in [-0.15, -0.1) is 12.4 Å². The highest BCUT2D eigenvalue weighted by molar-refractivity contribution is 7.90. The van der Waals surface area contributed by atoms with Crippen LogP contribution in [0.25, 0.3) is 17.2 Å². The van der Waals surface area contributed by atoms with Crippen LogP contribution in [0, 0.1) is 5.82 Å². The molecular weight excluding hydrogens is 391 g/mol. The number of halogens is 2. The molecule has 4 nitrogen and oxygen atoms in total. The summed E-state index contributed by atoms with van der Waals surface area (Å²) >= 11 is 0. The minimum atomic E-state index is -3.27. The van der Waals surface area contributed by atoms with Gasteiger partial charge in [0, 0.05) is 6.26 Å². The van der Waals surface area contributed by atoms with Gasteiger partial charge in [0.1, 0.15) is 5.82 Å². The van der Waals surface area contributed by atoms with Gasteiger partial charge in [-0.25, -0.2) is 12.8 Å². The molecule has 0 amide bonds. The first-order chi connectivity index (χ1) is 12.2. The molecule has 1 aliphatic rings. The summed E-state index contributed by atoms with van der Waals surface area (Å²) in [7, 11) is -3.27. The van der Waals surface area contributed by atoms with Crippen molar-refractivity contribution >= 4 is 45.4 Å². The first-order valence-electron chi connectivity index (χ1n) is 7.91. The monoisotopic (exact) mass is 408 g/mol. The Hall–Kier alpha value is -2.44. The summed E-state index contributed by atoms with van der Waals surface area (Å²) in [6, 6.07) is 10.8. The fourth-order valence-corrected chi connectivity index (χ4v) is 3.74.